The van der Waals surface area contributed by atoms with E-state index >= 15 is 0 Å². The highest BCUT2D eigenvalue weighted by Gasteiger charge is 1.86. The molecule has 8 heavy (non-hydrogen) atoms. The first kappa shape index (κ1) is 6.99. The lowest BCUT2D eigenvalue weighted by Crippen LogP contribution is -2.25. The standard InChI is InChI=1S/C5H9N3/c1-2-3-4-8(7)5-6/h2H,1,3-4,7H2. The van der Waals surface area contributed by atoms with Crippen molar-refractivity contribution in [2.45, 2.75) is 6.42 Å². The highest BCUT2D eigenvalue weighted by molar-refractivity contribution is 4.72. The van der Waals surface area contributed by atoms with E-state index in [0.29, 0.717) is 6.54 Å². The lowest BCUT2D eigenvalue weighted by Gasteiger charge is -2.03. The van der Waals surface area contributed by atoms with Crippen LogP contribution < -0.4 is 5.84 Å². The minimum absolute atomic E-state index is 0.556. The summed E-state index contributed by atoms with van der Waals surface area (Å²) in [6, 6.07) is 0. The molecule has 0 unspecified atom stereocenters. The van der Waals surface area contributed by atoms with Gasteiger partial charge < -0.3 is 0 Å². The summed E-state index contributed by atoms with van der Waals surface area (Å²) in [5.41, 5.74) is 0. The summed E-state index contributed by atoms with van der Waals surface area (Å²) >= 11 is 0. The average molecular weight is 111 g/mol. The fourth-order valence-electron chi connectivity index (χ4n) is 0.280. The summed E-state index contributed by atoms with van der Waals surface area (Å²) < 4.78 is 0. The van der Waals surface area contributed by atoms with Gasteiger partial charge >= 0.3 is 0 Å². The molecule has 3 nitrogen and oxygen atoms in total. The second-order valence-electron chi connectivity index (χ2n) is 1.37. The van der Waals surface area contributed by atoms with Crippen LogP contribution in [0, 0.1) is 11.5 Å². The maximum atomic E-state index is 8.08. The molecule has 0 aliphatic carbocycles. The molecule has 0 aromatic heterocycles. The molecule has 0 saturated heterocycles. The number of nitriles is 1. The van der Waals surface area contributed by atoms with Crippen LogP contribution in [0.1, 0.15) is 6.42 Å². The fourth-order valence-corrected chi connectivity index (χ4v) is 0.280. The molecular weight excluding hydrogens is 102 g/mol. The summed E-state index contributed by atoms with van der Waals surface area (Å²) in [4.78, 5) is 0. The van der Waals surface area contributed by atoms with Gasteiger partial charge in [-0.1, -0.05) is 6.08 Å². The molecule has 0 aliphatic rings. The molecule has 0 fully saturated rings. The van der Waals surface area contributed by atoms with Crippen LogP contribution in [0.25, 0.3) is 0 Å². The Kier molecular flexibility index (Phi) is 3.63. The predicted octanol–water partition coefficient (Wildman–Crippen LogP) is 0.219. The quantitative estimate of drug-likeness (QED) is 0.186. The lowest BCUT2D eigenvalue weighted by molar-refractivity contribution is 0.419. The molecule has 0 atom stereocenters. The summed E-state index contributed by atoms with van der Waals surface area (Å²) in [7, 11) is 0. The third-order valence-electron chi connectivity index (χ3n) is 0.703. The topological polar surface area (TPSA) is 53.0 Å². The van der Waals surface area contributed by atoms with Crippen molar-refractivity contribution in [3.05, 3.63) is 12.7 Å². The zero-order valence-corrected chi connectivity index (χ0v) is 4.67. The molecule has 0 bridgehead atoms. The van der Waals surface area contributed by atoms with E-state index in [-0.39, 0.29) is 0 Å². The van der Waals surface area contributed by atoms with Crippen LogP contribution in [-0.4, -0.2) is 11.6 Å². The van der Waals surface area contributed by atoms with Crippen LogP contribution in [0.15, 0.2) is 12.7 Å². The Labute approximate surface area is 49.0 Å². The number of hydrogen-bond donors (Lipinski definition) is 1. The van der Waals surface area contributed by atoms with Crippen molar-refractivity contribution in [2.24, 2.45) is 5.84 Å². The van der Waals surface area contributed by atoms with Crippen molar-refractivity contribution in [2.75, 3.05) is 6.54 Å². The summed E-state index contributed by atoms with van der Waals surface area (Å²) in [6.45, 7) is 4.03. The molecular formula is C5H9N3. The number of nitrogens with zero attached hydrogens (tertiary/aromatic N) is 2. The second kappa shape index (κ2) is 4.16. The fraction of sp³-hybridized carbons (Fsp3) is 0.400. The molecule has 0 spiro atoms. The first-order chi connectivity index (χ1) is 3.81. The molecule has 0 heterocycles. The van der Waals surface area contributed by atoms with Crippen LogP contribution in [0.3, 0.4) is 0 Å². The van der Waals surface area contributed by atoms with E-state index in [1.807, 2.05) is 0 Å². The second-order valence-corrected chi connectivity index (χ2v) is 1.37. The van der Waals surface area contributed by atoms with Gasteiger partial charge in [-0.05, 0) is 6.42 Å². The number of rotatable bonds is 3. The molecule has 0 radical (unpaired) electrons. The molecule has 0 saturated carbocycles. The summed E-state index contributed by atoms with van der Waals surface area (Å²) in [5, 5.41) is 9.15. The van der Waals surface area contributed by atoms with E-state index in [9.17, 15) is 0 Å². The first-order valence-corrected chi connectivity index (χ1v) is 2.34. The number of hydrazine groups is 1. The number of hydrogen-bond acceptors (Lipinski definition) is 3. The maximum absolute atomic E-state index is 8.08. The number of nitrogens with two attached hydrogens (primary N) is 1. The Morgan fingerprint density at radius 2 is 2.50 bits per heavy atom. The summed E-state index contributed by atoms with van der Waals surface area (Å²) in [6.07, 6.45) is 4.24. The SMILES string of the molecule is C=CCCN(N)C#N. The minimum atomic E-state index is 0.556. The van der Waals surface area contributed by atoms with Gasteiger partial charge in [-0.2, -0.15) is 5.26 Å². The van der Waals surface area contributed by atoms with Gasteiger partial charge in [0.25, 0.3) is 0 Å². The molecule has 0 aromatic rings. The van der Waals surface area contributed by atoms with Crippen LogP contribution in [0.2, 0.25) is 0 Å². The third kappa shape index (κ3) is 3.19. The molecule has 2 N–H and O–H groups in total. The average Bonchev–Trinajstić information content (AvgIpc) is 1.83. The zero-order chi connectivity index (χ0) is 6.41. The highest BCUT2D eigenvalue weighted by atomic mass is 15.4. The van der Waals surface area contributed by atoms with Gasteiger partial charge in [0.05, 0.1) is 0 Å². The maximum Gasteiger partial charge on any atom is 0.194 e. The highest BCUT2D eigenvalue weighted by Crippen LogP contribution is 1.80. The normalized spacial score (nSPS) is 7.50. The van der Waals surface area contributed by atoms with Crippen molar-refractivity contribution in [1.82, 2.24) is 5.01 Å². The van der Waals surface area contributed by atoms with Gasteiger partial charge in [0.15, 0.2) is 6.19 Å². The van der Waals surface area contributed by atoms with Gasteiger partial charge in [-0.15, -0.1) is 6.58 Å². The third-order valence-corrected chi connectivity index (χ3v) is 0.703. The Hall–Kier alpha value is -1.01. The van der Waals surface area contributed by atoms with E-state index in [1.54, 1.807) is 12.3 Å². The lowest BCUT2D eigenvalue weighted by atomic mass is 10.4. The van der Waals surface area contributed by atoms with Gasteiger partial charge in [0, 0.05) is 6.54 Å². The van der Waals surface area contributed by atoms with Crippen LogP contribution in [0.5, 0.6) is 0 Å². The molecule has 0 aliphatic heterocycles. The Balaban J connectivity index is 3.14. The monoisotopic (exact) mass is 111 g/mol. The van der Waals surface area contributed by atoms with E-state index in [0.717, 1.165) is 11.4 Å². The van der Waals surface area contributed by atoms with Gasteiger partial charge in [-0.25, -0.2) is 10.9 Å². The minimum Gasteiger partial charge on any atom is -0.247 e. The van der Waals surface area contributed by atoms with Crippen LogP contribution in [0.4, 0.5) is 0 Å². The van der Waals surface area contributed by atoms with Gasteiger partial charge in [0.2, 0.25) is 0 Å². The van der Waals surface area contributed by atoms with Crippen LogP contribution in [-0.2, 0) is 0 Å². The van der Waals surface area contributed by atoms with Crippen molar-refractivity contribution >= 4 is 0 Å². The smallest absolute Gasteiger partial charge is 0.194 e. The first-order valence-electron chi connectivity index (χ1n) is 2.34. The molecule has 0 aromatic carbocycles. The van der Waals surface area contributed by atoms with Gasteiger partial charge in [0.1, 0.15) is 0 Å². The van der Waals surface area contributed by atoms with E-state index in [2.05, 4.69) is 6.58 Å². The molecule has 44 valence electrons. The van der Waals surface area contributed by atoms with Crippen molar-refractivity contribution in [1.29, 1.82) is 5.26 Å². The van der Waals surface area contributed by atoms with E-state index in [1.165, 1.54) is 0 Å². The predicted molar refractivity (Wildman–Crippen MR) is 31.3 cm³/mol. The Morgan fingerprint density at radius 3 is 2.88 bits per heavy atom. The summed E-state index contributed by atoms with van der Waals surface area (Å²) in [5.74, 6) is 5.08. The largest absolute Gasteiger partial charge is 0.247 e. The Bertz CT molecular complexity index is 103. The van der Waals surface area contributed by atoms with Crippen LogP contribution >= 0.6 is 0 Å². The van der Waals surface area contributed by atoms with E-state index < -0.39 is 0 Å². The molecule has 3 heteroatoms. The molecule has 0 rings (SSSR count). The van der Waals surface area contributed by atoms with Crippen molar-refractivity contribution in [3.8, 4) is 6.19 Å². The van der Waals surface area contributed by atoms with Gasteiger partial charge in [-0.3, -0.25) is 0 Å². The van der Waals surface area contributed by atoms with Crippen molar-refractivity contribution in [3.63, 3.8) is 0 Å². The molecule has 0 amide bonds. The Morgan fingerprint density at radius 1 is 1.88 bits per heavy atom. The van der Waals surface area contributed by atoms with Crippen molar-refractivity contribution < 1.29 is 0 Å². The zero-order valence-electron chi connectivity index (χ0n) is 4.67. The van der Waals surface area contributed by atoms with E-state index in [4.69, 9.17) is 11.1 Å².